The number of hydrogen-bond acceptors (Lipinski definition) is 5. The number of hydrogen-bond donors (Lipinski definition) is 2. The van der Waals surface area contributed by atoms with Crippen molar-refractivity contribution in [1.29, 1.82) is 0 Å². The predicted molar refractivity (Wildman–Crippen MR) is 93.9 cm³/mol. The number of nitrogens with one attached hydrogen (secondary N) is 1. The maximum atomic E-state index is 11.2. The molecule has 0 atom stereocenters. The zero-order valence-electron chi connectivity index (χ0n) is 13.8. The van der Waals surface area contributed by atoms with E-state index in [0.29, 0.717) is 18.9 Å². The Balaban J connectivity index is 2.03. The Labute approximate surface area is 142 Å². The molecule has 0 radical (unpaired) electrons. The number of benzene rings is 2. The van der Waals surface area contributed by atoms with E-state index in [1.165, 1.54) is 12.1 Å². The molecule has 0 spiro atoms. The fraction of sp³-hybridized carbons (Fsp3) is 0.294. The molecule has 3 N–H and O–H groups in total. The molecule has 0 aliphatic carbocycles. The molecule has 0 unspecified atom stereocenters. The van der Waals surface area contributed by atoms with E-state index in [-0.39, 0.29) is 4.90 Å². The van der Waals surface area contributed by atoms with Crippen molar-refractivity contribution in [3.63, 3.8) is 0 Å². The first-order valence-corrected chi connectivity index (χ1v) is 9.15. The van der Waals surface area contributed by atoms with Crippen molar-refractivity contribution in [3.05, 3.63) is 48.0 Å². The van der Waals surface area contributed by atoms with E-state index in [2.05, 4.69) is 5.32 Å². The molecule has 0 amide bonds. The third-order valence-corrected chi connectivity index (χ3v) is 4.30. The van der Waals surface area contributed by atoms with Crippen LogP contribution in [0.1, 0.15) is 18.9 Å². The highest BCUT2D eigenvalue weighted by Crippen LogP contribution is 2.28. The first-order valence-electron chi connectivity index (χ1n) is 7.60. The van der Waals surface area contributed by atoms with Crippen LogP contribution in [0.4, 0.5) is 5.69 Å². The van der Waals surface area contributed by atoms with Gasteiger partial charge in [0, 0.05) is 12.2 Å². The minimum atomic E-state index is -3.67. The van der Waals surface area contributed by atoms with Gasteiger partial charge in [-0.3, -0.25) is 0 Å². The van der Waals surface area contributed by atoms with Crippen molar-refractivity contribution in [2.24, 2.45) is 5.14 Å². The van der Waals surface area contributed by atoms with Crippen LogP contribution in [-0.4, -0.2) is 22.1 Å². The number of sulfonamides is 1. The lowest BCUT2D eigenvalue weighted by molar-refractivity contribution is 0.294. The molecule has 0 fully saturated rings. The van der Waals surface area contributed by atoms with Crippen molar-refractivity contribution in [3.8, 4) is 11.5 Å². The molecule has 0 aliphatic rings. The maximum Gasteiger partial charge on any atom is 0.238 e. The molecule has 0 bridgehead atoms. The van der Waals surface area contributed by atoms with Crippen LogP contribution in [0.5, 0.6) is 11.5 Å². The van der Waals surface area contributed by atoms with Crippen LogP contribution in [0.15, 0.2) is 47.4 Å². The number of methoxy groups -OCH3 is 1. The largest absolute Gasteiger partial charge is 0.493 e. The Morgan fingerprint density at radius 1 is 1.08 bits per heavy atom. The van der Waals surface area contributed by atoms with Gasteiger partial charge in [0.25, 0.3) is 0 Å². The molecule has 2 aromatic rings. The summed E-state index contributed by atoms with van der Waals surface area (Å²) in [5, 5.41) is 8.30. The number of anilines is 1. The molecular weight excluding hydrogens is 328 g/mol. The second kappa shape index (κ2) is 8.03. The highest BCUT2D eigenvalue weighted by atomic mass is 32.2. The van der Waals surface area contributed by atoms with Crippen molar-refractivity contribution in [1.82, 2.24) is 0 Å². The van der Waals surface area contributed by atoms with Gasteiger partial charge in [0.15, 0.2) is 11.5 Å². The predicted octanol–water partition coefficient (Wildman–Crippen LogP) is 2.74. The number of rotatable bonds is 8. The van der Waals surface area contributed by atoms with Gasteiger partial charge in [-0.1, -0.05) is 13.0 Å². The van der Waals surface area contributed by atoms with Gasteiger partial charge in [0.05, 0.1) is 18.6 Å². The summed E-state index contributed by atoms with van der Waals surface area (Å²) in [5.74, 6) is 1.41. The molecule has 2 rings (SSSR count). The zero-order chi connectivity index (χ0) is 17.6. The van der Waals surface area contributed by atoms with Gasteiger partial charge >= 0.3 is 0 Å². The Morgan fingerprint density at radius 3 is 2.38 bits per heavy atom. The summed E-state index contributed by atoms with van der Waals surface area (Å²) in [6.07, 6.45) is 0.932. The molecule has 6 nitrogen and oxygen atoms in total. The normalized spacial score (nSPS) is 11.1. The molecular formula is C17H22N2O4S. The summed E-state index contributed by atoms with van der Waals surface area (Å²) in [6, 6.07) is 12.1. The fourth-order valence-corrected chi connectivity index (χ4v) is 2.64. The third kappa shape index (κ3) is 4.87. The summed E-state index contributed by atoms with van der Waals surface area (Å²) in [7, 11) is -2.06. The first kappa shape index (κ1) is 18.1. The molecule has 0 aromatic heterocycles. The van der Waals surface area contributed by atoms with Gasteiger partial charge in [-0.2, -0.15) is 0 Å². The average molecular weight is 350 g/mol. The highest BCUT2D eigenvalue weighted by molar-refractivity contribution is 7.89. The number of ether oxygens (including phenoxy) is 2. The Morgan fingerprint density at radius 2 is 1.79 bits per heavy atom. The van der Waals surface area contributed by atoms with Crippen LogP contribution in [0, 0.1) is 0 Å². The van der Waals surface area contributed by atoms with Gasteiger partial charge in [0.2, 0.25) is 10.0 Å². The van der Waals surface area contributed by atoms with Crippen molar-refractivity contribution in [2.75, 3.05) is 19.0 Å². The zero-order valence-corrected chi connectivity index (χ0v) is 14.6. The number of primary sulfonamides is 1. The lowest BCUT2D eigenvalue weighted by Gasteiger charge is -2.12. The quantitative estimate of drug-likeness (QED) is 0.764. The van der Waals surface area contributed by atoms with E-state index < -0.39 is 10.0 Å². The second-order valence-electron chi connectivity index (χ2n) is 5.26. The summed E-state index contributed by atoms with van der Waals surface area (Å²) >= 11 is 0. The van der Waals surface area contributed by atoms with E-state index in [0.717, 1.165) is 23.4 Å². The summed E-state index contributed by atoms with van der Waals surface area (Å²) in [4.78, 5) is 0.0899. The average Bonchev–Trinajstić information content (AvgIpc) is 2.58. The lowest BCUT2D eigenvalue weighted by Crippen LogP contribution is -2.12. The van der Waals surface area contributed by atoms with Gasteiger partial charge in [0.1, 0.15) is 0 Å². The van der Waals surface area contributed by atoms with E-state index in [1.54, 1.807) is 19.2 Å². The van der Waals surface area contributed by atoms with E-state index in [9.17, 15) is 8.42 Å². The molecule has 130 valence electrons. The van der Waals surface area contributed by atoms with Crippen molar-refractivity contribution >= 4 is 15.7 Å². The third-order valence-electron chi connectivity index (χ3n) is 3.37. The van der Waals surface area contributed by atoms with Crippen molar-refractivity contribution in [2.45, 2.75) is 24.8 Å². The van der Waals surface area contributed by atoms with Crippen LogP contribution < -0.4 is 19.9 Å². The smallest absolute Gasteiger partial charge is 0.238 e. The molecule has 0 saturated carbocycles. The molecule has 0 aliphatic heterocycles. The van der Waals surface area contributed by atoms with E-state index >= 15 is 0 Å². The SMILES string of the molecule is CCCOc1ccc(CNc2ccc(S(N)(=O)=O)cc2)cc1OC. The minimum absolute atomic E-state index is 0.0899. The Kier molecular flexibility index (Phi) is 6.05. The van der Waals surface area contributed by atoms with Crippen LogP contribution in [0.25, 0.3) is 0 Å². The minimum Gasteiger partial charge on any atom is -0.493 e. The molecule has 0 heterocycles. The van der Waals surface area contributed by atoms with Gasteiger partial charge in [-0.15, -0.1) is 0 Å². The molecule has 2 aromatic carbocycles. The lowest BCUT2D eigenvalue weighted by atomic mass is 10.2. The van der Waals surface area contributed by atoms with Crippen molar-refractivity contribution < 1.29 is 17.9 Å². The van der Waals surface area contributed by atoms with Gasteiger partial charge in [-0.25, -0.2) is 13.6 Å². The maximum absolute atomic E-state index is 11.2. The highest BCUT2D eigenvalue weighted by Gasteiger charge is 2.08. The molecule has 24 heavy (non-hydrogen) atoms. The van der Waals surface area contributed by atoms with Gasteiger partial charge in [-0.05, 0) is 48.4 Å². The van der Waals surface area contributed by atoms with E-state index in [1.807, 2.05) is 25.1 Å². The van der Waals surface area contributed by atoms with E-state index in [4.69, 9.17) is 14.6 Å². The topological polar surface area (TPSA) is 90.6 Å². The standard InChI is InChI=1S/C17H22N2O4S/c1-3-10-23-16-9-4-13(11-17(16)22-2)12-19-14-5-7-15(8-6-14)24(18,20)21/h4-9,11,19H,3,10,12H2,1-2H3,(H2,18,20,21). The fourth-order valence-electron chi connectivity index (χ4n) is 2.12. The van der Waals surface area contributed by atoms with Crippen LogP contribution >= 0.6 is 0 Å². The Hall–Kier alpha value is -2.25. The van der Waals surface area contributed by atoms with Crippen LogP contribution in [0.3, 0.4) is 0 Å². The summed E-state index contributed by atoms with van der Waals surface area (Å²) in [6.45, 7) is 3.26. The van der Waals surface area contributed by atoms with Crippen LogP contribution in [-0.2, 0) is 16.6 Å². The monoisotopic (exact) mass is 350 g/mol. The molecule has 7 heteroatoms. The second-order valence-corrected chi connectivity index (χ2v) is 6.82. The summed E-state index contributed by atoms with van der Waals surface area (Å²) in [5.41, 5.74) is 1.82. The first-order chi connectivity index (χ1) is 11.4. The summed E-state index contributed by atoms with van der Waals surface area (Å²) < 4.78 is 33.4. The Bertz CT molecular complexity index is 774. The van der Waals surface area contributed by atoms with Gasteiger partial charge < -0.3 is 14.8 Å². The van der Waals surface area contributed by atoms with Crippen LogP contribution in [0.2, 0.25) is 0 Å². The molecule has 0 saturated heterocycles. The number of nitrogens with two attached hydrogens (primary N) is 1.